The van der Waals surface area contributed by atoms with Crippen LogP contribution >= 0.6 is 0 Å². The van der Waals surface area contributed by atoms with Gasteiger partial charge in [0.15, 0.2) is 0 Å². The number of nitrogens with zero attached hydrogens (tertiary/aromatic N) is 2. The molecule has 3 rings (SSSR count). The first-order valence-electron chi connectivity index (χ1n) is 7.53. The van der Waals surface area contributed by atoms with E-state index in [1.165, 1.54) is 0 Å². The third-order valence-corrected chi connectivity index (χ3v) is 3.74. The van der Waals surface area contributed by atoms with Gasteiger partial charge in [0.1, 0.15) is 5.82 Å². The van der Waals surface area contributed by atoms with Crippen LogP contribution in [0, 0.1) is 6.92 Å². The molecule has 0 unspecified atom stereocenters. The van der Waals surface area contributed by atoms with E-state index in [0.717, 1.165) is 5.39 Å². The molecule has 0 aliphatic carbocycles. The lowest BCUT2D eigenvalue weighted by molar-refractivity contribution is 0.102. The van der Waals surface area contributed by atoms with Crippen molar-refractivity contribution in [2.45, 2.75) is 6.92 Å². The van der Waals surface area contributed by atoms with Crippen molar-refractivity contribution < 1.29 is 4.79 Å². The molecule has 0 spiro atoms. The molecule has 0 radical (unpaired) electrons. The first kappa shape index (κ1) is 15.7. The number of aromatic amines is 1. The molecule has 1 aromatic carbocycles. The quantitative estimate of drug-likeness (QED) is 0.777. The van der Waals surface area contributed by atoms with Gasteiger partial charge < -0.3 is 15.2 Å². The number of H-pyrrole nitrogens is 1. The van der Waals surface area contributed by atoms with E-state index in [9.17, 15) is 9.59 Å². The van der Waals surface area contributed by atoms with Crippen molar-refractivity contribution in [1.82, 2.24) is 9.97 Å². The summed E-state index contributed by atoms with van der Waals surface area (Å²) in [6, 6.07) is 10.7. The molecule has 1 amide bonds. The average molecular weight is 322 g/mol. The third-order valence-electron chi connectivity index (χ3n) is 3.74. The Morgan fingerprint density at radius 2 is 2.00 bits per heavy atom. The summed E-state index contributed by atoms with van der Waals surface area (Å²) in [6.45, 7) is 1.76. The Morgan fingerprint density at radius 1 is 1.21 bits per heavy atom. The van der Waals surface area contributed by atoms with E-state index in [0.29, 0.717) is 28.1 Å². The van der Waals surface area contributed by atoms with Gasteiger partial charge in [0.05, 0.1) is 11.1 Å². The van der Waals surface area contributed by atoms with Crippen LogP contribution in [-0.2, 0) is 0 Å². The first-order valence-corrected chi connectivity index (χ1v) is 7.53. The molecule has 0 bridgehead atoms. The fourth-order valence-electron chi connectivity index (χ4n) is 2.52. The van der Waals surface area contributed by atoms with Gasteiger partial charge in [-0.2, -0.15) is 0 Å². The lowest BCUT2D eigenvalue weighted by Gasteiger charge is -2.15. The number of carbonyl (C=O) groups is 1. The van der Waals surface area contributed by atoms with Crippen LogP contribution in [0.15, 0.2) is 47.4 Å². The van der Waals surface area contributed by atoms with Crippen LogP contribution in [0.1, 0.15) is 15.9 Å². The number of carbonyl (C=O) groups excluding carboxylic acids is 1. The standard InChI is InChI=1S/C18H18N4O2/c1-11-9-12-6-7-13(10-15(12)21-17(11)23)20-18(24)14-5-4-8-19-16(14)22(2)3/h4-10H,1-3H3,(H,20,24)(H,21,23). The molecule has 0 saturated carbocycles. The topological polar surface area (TPSA) is 78.1 Å². The average Bonchev–Trinajstić information content (AvgIpc) is 2.56. The normalized spacial score (nSPS) is 10.6. The smallest absolute Gasteiger partial charge is 0.259 e. The minimum atomic E-state index is -0.249. The van der Waals surface area contributed by atoms with Gasteiger partial charge in [-0.05, 0) is 42.6 Å². The van der Waals surface area contributed by atoms with Gasteiger partial charge in [-0.3, -0.25) is 9.59 Å². The van der Waals surface area contributed by atoms with Crippen molar-refractivity contribution >= 4 is 28.3 Å². The van der Waals surface area contributed by atoms with Gasteiger partial charge in [0.2, 0.25) is 0 Å². The highest BCUT2D eigenvalue weighted by Crippen LogP contribution is 2.20. The third kappa shape index (κ3) is 2.99. The summed E-state index contributed by atoms with van der Waals surface area (Å²) < 4.78 is 0. The van der Waals surface area contributed by atoms with E-state index >= 15 is 0 Å². The molecule has 6 heteroatoms. The van der Waals surface area contributed by atoms with Crippen molar-refractivity contribution in [1.29, 1.82) is 0 Å². The van der Waals surface area contributed by atoms with E-state index in [2.05, 4.69) is 15.3 Å². The molecule has 0 aliphatic heterocycles. The minimum Gasteiger partial charge on any atom is -0.362 e. The Bertz CT molecular complexity index is 976. The SMILES string of the molecule is Cc1cc2ccc(NC(=O)c3cccnc3N(C)C)cc2[nH]c1=O. The number of fused-ring (bicyclic) bond motifs is 1. The maximum absolute atomic E-state index is 12.5. The number of aromatic nitrogens is 2. The fourth-order valence-corrected chi connectivity index (χ4v) is 2.52. The van der Waals surface area contributed by atoms with Gasteiger partial charge in [0.25, 0.3) is 11.5 Å². The molecular weight excluding hydrogens is 304 g/mol. The minimum absolute atomic E-state index is 0.131. The Kier molecular flexibility index (Phi) is 4.04. The fraction of sp³-hybridized carbons (Fsp3) is 0.167. The summed E-state index contributed by atoms with van der Waals surface area (Å²) in [4.78, 5) is 33.1. The number of hydrogen-bond acceptors (Lipinski definition) is 4. The Morgan fingerprint density at radius 3 is 2.75 bits per heavy atom. The summed E-state index contributed by atoms with van der Waals surface area (Å²) in [6.07, 6.45) is 1.65. The zero-order valence-electron chi connectivity index (χ0n) is 13.8. The molecule has 122 valence electrons. The largest absolute Gasteiger partial charge is 0.362 e. The highest BCUT2D eigenvalue weighted by molar-refractivity contribution is 6.08. The van der Waals surface area contributed by atoms with Crippen LogP contribution in [0.3, 0.4) is 0 Å². The van der Waals surface area contributed by atoms with Gasteiger partial charge in [0, 0.05) is 31.5 Å². The maximum Gasteiger partial charge on any atom is 0.259 e. The van der Waals surface area contributed by atoms with E-state index < -0.39 is 0 Å². The van der Waals surface area contributed by atoms with Crippen LogP contribution in [-0.4, -0.2) is 30.0 Å². The highest BCUT2D eigenvalue weighted by atomic mass is 16.1. The Balaban J connectivity index is 1.94. The van der Waals surface area contributed by atoms with E-state index in [1.807, 2.05) is 32.3 Å². The van der Waals surface area contributed by atoms with E-state index in [1.54, 1.807) is 36.2 Å². The number of amides is 1. The number of nitrogens with one attached hydrogen (secondary N) is 2. The molecule has 0 saturated heterocycles. The highest BCUT2D eigenvalue weighted by Gasteiger charge is 2.14. The van der Waals surface area contributed by atoms with Crippen LogP contribution in [0.2, 0.25) is 0 Å². The monoisotopic (exact) mass is 322 g/mol. The molecule has 24 heavy (non-hydrogen) atoms. The number of rotatable bonds is 3. The molecule has 6 nitrogen and oxygen atoms in total. The second-order valence-corrected chi connectivity index (χ2v) is 5.81. The second kappa shape index (κ2) is 6.16. The van der Waals surface area contributed by atoms with Crippen LogP contribution in [0.5, 0.6) is 0 Å². The zero-order chi connectivity index (χ0) is 17.3. The van der Waals surface area contributed by atoms with Gasteiger partial charge in [-0.1, -0.05) is 6.07 Å². The Labute approximate surface area is 139 Å². The predicted molar refractivity (Wildman–Crippen MR) is 95.8 cm³/mol. The first-order chi connectivity index (χ1) is 11.5. The number of aryl methyl sites for hydroxylation is 1. The number of pyridine rings is 2. The number of anilines is 2. The van der Waals surface area contributed by atoms with E-state index in [-0.39, 0.29) is 11.5 Å². The maximum atomic E-state index is 12.5. The summed E-state index contributed by atoms with van der Waals surface area (Å²) in [5.74, 6) is 0.348. The van der Waals surface area contributed by atoms with E-state index in [4.69, 9.17) is 0 Å². The second-order valence-electron chi connectivity index (χ2n) is 5.81. The van der Waals surface area contributed by atoms with Gasteiger partial charge >= 0.3 is 0 Å². The van der Waals surface area contributed by atoms with Crippen LogP contribution in [0.4, 0.5) is 11.5 Å². The Hall–Kier alpha value is -3.15. The molecule has 0 fully saturated rings. The van der Waals surface area contributed by atoms with Gasteiger partial charge in [-0.25, -0.2) is 4.98 Å². The van der Waals surface area contributed by atoms with Crippen molar-refractivity contribution in [3.63, 3.8) is 0 Å². The molecule has 2 N–H and O–H groups in total. The lowest BCUT2D eigenvalue weighted by atomic mass is 10.1. The van der Waals surface area contributed by atoms with Crippen molar-refractivity contribution in [2.75, 3.05) is 24.3 Å². The summed E-state index contributed by atoms with van der Waals surface area (Å²) in [5, 5.41) is 3.77. The molecular formula is C18H18N4O2. The van der Waals surface area contributed by atoms with Gasteiger partial charge in [-0.15, -0.1) is 0 Å². The number of hydrogen-bond donors (Lipinski definition) is 2. The van der Waals surface area contributed by atoms with Crippen LogP contribution < -0.4 is 15.8 Å². The summed E-state index contributed by atoms with van der Waals surface area (Å²) in [5.41, 5.74) is 2.31. The van der Waals surface area contributed by atoms with Crippen molar-refractivity contribution in [2.24, 2.45) is 0 Å². The van der Waals surface area contributed by atoms with Crippen molar-refractivity contribution in [3.8, 4) is 0 Å². The summed E-state index contributed by atoms with van der Waals surface area (Å²) in [7, 11) is 3.67. The molecule has 2 aromatic heterocycles. The number of benzene rings is 1. The predicted octanol–water partition coefficient (Wildman–Crippen LogP) is 2.55. The molecule has 2 heterocycles. The molecule has 0 aliphatic rings. The molecule has 0 atom stereocenters. The summed E-state index contributed by atoms with van der Waals surface area (Å²) >= 11 is 0. The lowest BCUT2D eigenvalue weighted by Crippen LogP contribution is -2.19. The zero-order valence-corrected chi connectivity index (χ0v) is 13.8. The van der Waals surface area contributed by atoms with Crippen molar-refractivity contribution in [3.05, 3.63) is 64.1 Å². The van der Waals surface area contributed by atoms with Crippen LogP contribution in [0.25, 0.3) is 10.9 Å². The molecule has 3 aromatic rings.